The molecule has 1 heterocycles. The lowest BCUT2D eigenvalue weighted by molar-refractivity contribution is 0.156. The number of benzene rings is 3. The summed E-state index contributed by atoms with van der Waals surface area (Å²) in [6.45, 7) is 6.57. The maximum absolute atomic E-state index is 13.0. The second-order valence-electron chi connectivity index (χ2n) is 10.7. The van der Waals surface area contributed by atoms with Crippen LogP contribution in [-0.4, -0.2) is 20.9 Å². The molecule has 0 saturated heterocycles. The molecule has 0 bridgehead atoms. The molecular formula is C31H34N4O3. The maximum atomic E-state index is 13.0. The average Bonchev–Trinajstić information content (AvgIpc) is 3.33. The number of para-hydroxylation sites is 2. The summed E-state index contributed by atoms with van der Waals surface area (Å²) in [6, 6.07) is 24.8. The highest BCUT2D eigenvalue weighted by Gasteiger charge is 2.22. The number of rotatable bonds is 6. The summed E-state index contributed by atoms with van der Waals surface area (Å²) < 4.78 is 7.97. The molecule has 1 aliphatic rings. The number of aryl methyl sites for hydroxylation is 1. The van der Waals surface area contributed by atoms with Crippen LogP contribution in [0.5, 0.6) is 11.5 Å². The van der Waals surface area contributed by atoms with Crippen molar-refractivity contribution in [2.75, 3.05) is 5.32 Å². The number of urea groups is 1. The van der Waals surface area contributed by atoms with Crippen molar-refractivity contribution in [3.05, 3.63) is 101 Å². The average molecular weight is 511 g/mol. The summed E-state index contributed by atoms with van der Waals surface area (Å²) in [7, 11) is 0. The minimum atomic E-state index is -0.402. The summed E-state index contributed by atoms with van der Waals surface area (Å²) in [5.41, 5.74) is 4.55. The van der Waals surface area contributed by atoms with Gasteiger partial charge >= 0.3 is 6.03 Å². The molecule has 3 aromatic carbocycles. The van der Waals surface area contributed by atoms with Gasteiger partial charge in [-0.2, -0.15) is 5.10 Å². The zero-order chi connectivity index (χ0) is 26.7. The van der Waals surface area contributed by atoms with Crippen LogP contribution < -0.4 is 15.4 Å². The normalized spacial score (nSPS) is 15.0. The van der Waals surface area contributed by atoms with Crippen LogP contribution in [0.1, 0.15) is 62.1 Å². The smallest absolute Gasteiger partial charge is 0.320 e. The summed E-state index contributed by atoms with van der Waals surface area (Å²) in [4.78, 5) is 13.0. The van der Waals surface area contributed by atoms with Crippen molar-refractivity contribution >= 4 is 11.8 Å². The fourth-order valence-electron chi connectivity index (χ4n) is 4.64. The lowest BCUT2D eigenvalue weighted by Gasteiger charge is -2.22. The van der Waals surface area contributed by atoms with Crippen molar-refractivity contribution in [2.24, 2.45) is 0 Å². The van der Waals surface area contributed by atoms with Crippen LogP contribution in [0.2, 0.25) is 0 Å². The lowest BCUT2D eigenvalue weighted by atomic mass is 9.89. The lowest BCUT2D eigenvalue weighted by Crippen LogP contribution is -2.29. The van der Waals surface area contributed by atoms with Crippen LogP contribution in [0, 0.1) is 0 Å². The SMILES string of the molecule is CC(C)(C)c1cc(NC(=O)NCc2ccccc2Oc2ccc3c(c2)CCCC3O)n(-c2ccccc2)n1. The molecule has 0 saturated carbocycles. The summed E-state index contributed by atoms with van der Waals surface area (Å²) in [6.07, 6.45) is 2.30. The second kappa shape index (κ2) is 10.7. The number of nitrogens with one attached hydrogen (secondary N) is 2. The second-order valence-corrected chi connectivity index (χ2v) is 10.7. The molecule has 0 radical (unpaired) electrons. The van der Waals surface area contributed by atoms with Crippen LogP contribution in [-0.2, 0) is 18.4 Å². The fraction of sp³-hybridized carbons (Fsp3) is 0.290. The van der Waals surface area contributed by atoms with Gasteiger partial charge in [0.2, 0.25) is 0 Å². The highest BCUT2D eigenvalue weighted by molar-refractivity contribution is 5.88. The Hall–Kier alpha value is -4.10. The van der Waals surface area contributed by atoms with E-state index in [4.69, 9.17) is 9.84 Å². The Kier molecular flexibility index (Phi) is 7.20. The molecule has 0 spiro atoms. The standard InChI is InChI=1S/C31H34N4O3/c1-31(2,3)28-19-29(35(34-28)23-12-5-4-6-13-23)33-30(37)32-20-22-10-7-8-15-27(22)38-24-16-17-25-21(18-24)11-9-14-26(25)36/h4-8,10,12-13,15-19,26,36H,9,11,14,20H2,1-3H3,(H2,32,33,37). The van der Waals surface area contributed by atoms with Crippen molar-refractivity contribution in [2.45, 2.75) is 58.1 Å². The number of hydrogen-bond acceptors (Lipinski definition) is 4. The van der Waals surface area contributed by atoms with Gasteiger partial charge in [-0.05, 0) is 60.7 Å². The number of fused-ring (bicyclic) bond motifs is 1. The number of aliphatic hydroxyl groups is 1. The minimum Gasteiger partial charge on any atom is -0.457 e. The first-order valence-corrected chi connectivity index (χ1v) is 13.1. The summed E-state index contributed by atoms with van der Waals surface area (Å²) in [5.74, 6) is 1.99. The van der Waals surface area contributed by atoms with E-state index in [1.165, 1.54) is 0 Å². The van der Waals surface area contributed by atoms with E-state index in [1.807, 2.05) is 78.9 Å². The van der Waals surface area contributed by atoms with Gasteiger partial charge in [-0.25, -0.2) is 9.48 Å². The van der Waals surface area contributed by atoms with Gasteiger partial charge in [-0.3, -0.25) is 5.32 Å². The largest absolute Gasteiger partial charge is 0.457 e. The predicted molar refractivity (Wildman–Crippen MR) is 149 cm³/mol. The monoisotopic (exact) mass is 510 g/mol. The zero-order valence-electron chi connectivity index (χ0n) is 22.1. The molecule has 1 aliphatic carbocycles. The molecular weight excluding hydrogens is 476 g/mol. The third kappa shape index (κ3) is 5.73. The maximum Gasteiger partial charge on any atom is 0.320 e. The number of carbonyl (C=O) groups excluding carboxylic acids is 1. The van der Waals surface area contributed by atoms with Gasteiger partial charge in [0.25, 0.3) is 0 Å². The Labute approximate surface area is 223 Å². The molecule has 7 nitrogen and oxygen atoms in total. The fourth-order valence-corrected chi connectivity index (χ4v) is 4.64. The number of aliphatic hydroxyl groups excluding tert-OH is 1. The van der Waals surface area contributed by atoms with Crippen molar-refractivity contribution in [3.8, 4) is 17.2 Å². The number of carbonyl (C=O) groups is 1. The molecule has 196 valence electrons. The van der Waals surface area contributed by atoms with E-state index in [0.717, 1.165) is 53.1 Å². The van der Waals surface area contributed by atoms with E-state index >= 15 is 0 Å². The summed E-state index contributed by atoms with van der Waals surface area (Å²) >= 11 is 0. The zero-order valence-corrected chi connectivity index (χ0v) is 22.1. The molecule has 4 aromatic rings. The van der Waals surface area contributed by atoms with Gasteiger partial charge in [-0.1, -0.05) is 63.2 Å². The Morgan fingerprint density at radius 2 is 1.82 bits per heavy atom. The van der Waals surface area contributed by atoms with E-state index in [2.05, 4.69) is 31.4 Å². The first-order chi connectivity index (χ1) is 18.3. The molecule has 1 aromatic heterocycles. The van der Waals surface area contributed by atoms with Gasteiger partial charge in [0.1, 0.15) is 17.3 Å². The van der Waals surface area contributed by atoms with Crippen LogP contribution >= 0.6 is 0 Å². The molecule has 1 unspecified atom stereocenters. The number of aromatic nitrogens is 2. The van der Waals surface area contributed by atoms with Crippen LogP contribution in [0.3, 0.4) is 0 Å². The molecule has 3 N–H and O–H groups in total. The molecule has 2 amide bonds. The van der Waals surface area contributed by atoms with Gasteiger partial charge < -0.3 is 15.2 Å². The molecule has 1 atom stereocenters. The molecule has 7 heteroatoms. The van der Waals surface area contributed by atoms with Crippen molar-refractivity contribution in [1.29, 1.82) is 0 Å². The molecule has 5 rings (SSSR count). The topological polar surface area (TPSA) is 88.4 Å². The Balaban J connectivity index is 1.29. The number of ether oxygens (including phenoxy) is 1. The third-order valence-corrected chi connectivity index (χ3v) is 6.76. The van der Waals surface area contributed by atoms with Gasteiger partial charge in [0.15, 0.2) is 0 Å². The van der Waals surface area contributed by atoms with E-state index in [9.17, 15) is 9.90 Å². The Morgan fingerprint density at radius 1 is 1.05 bits per heavy atom. The third-order valence-electron chi connectivity index (χ3n) is 6.76. The highest BCUT2D eigenvalue weighted by atomic mass is 16.5. The Morgan fingerprint density at radius 3 is 2.61 bits per heavy atom. The van der Waals surface area contributed by atoms with Crippen LogP contribution in [0.25, 0.3) is 5.69 Å². The van der Waals surface area contributed by atoms with Crippen molar-refractivity contribution in [3.63, 3.8) is 0 Å². The first-order valence-electron chi connectivity index (χ1n) is 13.1. The van der Waals surface area contributed by atoms with Crippen LogP contribution in [0.15, 0.2) is 78.9 Å². The van der Waals surface area contributed by atoms with Crippen molar-refractivity contribution in [1.82, 2.24) is 15.1 Å². The van der Waals surface area contributed by atoms with E-state index in [-0.39, 0.29) is 18.0 Å². The predicted octanol–water partition coefficient (Wildman–Crippen LogP) is 6.65. The van der Waals surface area contributed by atoms with Gasteiger partial charge in [-0.15, -0.1) is 0 Å². The Bertz CT molecular complexity index is 1420. The van der Waals surface area contributed by atoms with Gasteiger partial charge in [0.05, 0.1) is 17.5 Å². The number of anilines is 1. The minimum absolute atomic E-state index is 0.169. The quantitative estimate of drug-likeness (QED) is 0.271. The van der Waals surface area contributed by atoms with E-state index < -0.39 is 6.10 Å². The number of amides is 2. The number of nitrogens with zero attached hydrogens (tertiary/aromatic N) is 2. The first kappa shape index (κ1) is 25.5. The van der Waals surface area contributed by atoms with Crippen LogP contribution in [0.4, 0.5) is 10.6 Å². The number of hydrogen-bond donors (Lipinski definition) is 3. The van der Waals surface area contributed by atoms with E-state index in [0.29, 0.717) is 11.6 Å². The molecule has 0 aliphatic heterocycles. The highest BCUT2D eigenvalue weighted by Crippen LogP contribution is 2.34. The molecule has 38 heavy (non-hydrogen) atoms. The van der Waals surface area contributed by atoms with E-state index in [1.54, 1.807) is 4.68 Å². The molecule has 0 fully saturated rings. The summed E-state index contributed by atoms with van der Waals surface area (Å²) in [5, 5.41) is 20.9. The van der Waals surface area contributed by atoms with Gasteiger partial charge in [0, 0.05) is 23.6 Å². The van der Waals surface area contributed by atoms with Crippen molar-refractivity contribution < 1.29 is 14.6 Å².